The summed E-state index contributed by atoms with van der Waals surface area (Å²) in [4.78, 5) is 2.29. The van der Waals surface area contributed by atoms with Crippen LogP contribution in [0.15, 0.2) is 0 Å². The molecule has 1 fully saturated rings. The minimum Gasteiger partial charge on any atom is -0.312 e. The largest absolute Gasteiger partial charge is 0.312 e. The molecule has 1 N–H and O–H groups in total. The lowest BCUT2D eigenvalue weighted by atomic mass is 9.73. The first-order chi connectivity index (χ1) is 6.83. The topological polar surface area (TPSA) is 15.3 Å². The van der Waals surface area contributed by atoms with Gasteiger partial charge in [-0.25, -0.2) is 0 Å². The summed E-state index contributed by atoms with van der Waals surface area (Å²) in [5.74, 6) is 1.83. The summed E-state index contributed by atoms with van der Waals surface area (Å²) >= 11 is 0. The summed E-state index contributed by atoms with van der Waals surface area (Å²) < 4.78 is 0. The quantitative estimate of drug-likeness (QED) is 0.752. The molecule has 0 amide bonds. The highest BCUT2D eigenvalue weighted by molar-refractivity contribution is 4.89. The van der Waals surface area contributed by atoms with Crippen LogP contribution < -0.4 is 5.32 Å². The van der Waals surface area contributed by atoms with Crippen LogP contribution in [0.1, 0.15) is 40.5 Å². The molecule has 0 radical (unpaired) electrons. The molecule has 15 heavy (non-hydrogen) atoms. The molecule has 1 rings (SSSR count). The van der Waals surface area contributed by atoms with E-state index in [9.17, 15) is 0 Å². The van der Waals surface area contributed by atoms with Crippen molar-refractivity contribution in [1.82, 2.24) is 10.2 Å². The second kappa shape index (κ2) is 4.84. The Labute approximate surface area is 95.4 Å². The van der Waals surface area contributed by atoms with E-state index in [-0.39, 0.29) is 5.54 Å². The molecule has 0 aromatic heterocycles. The molecule has 0 atom stereocenters. The molecule has 0 unspecified atom stereocenters. The molecule has 0 aromatic carbocycles. The van der Waals surface area contributed by atoms with Crippen molar-refractivity contribution in [2.24, 2.45) is 11.8 Å². The monoisotopic (exact) mass is 212 g/mol. The van der Waals surface area contributed by atoms with Crippen LogP contribution in [0.2, 0.25) is 0 Å². The number of hydrogen-bond acceptors (Lipinski definition) is 2. The first-order valence-electron chi connectivity index (χ1n) is 6.23. The van der Waals surface area contributed by atoms with Gasteiger partial charge in [-0.15, -0.1) is 0 Å². The van der Waals surface area contributed by atoms with Crippen LogP contribution in [0.5, 0.6) is 0 Å². The van der Waals surface area contributed by atoms with E-state index in [0.29, 0.717) is 0 Å². The van der Waals surface area contributed by atoms with E-state index in [0.717, 1.165) is 24.4 Å². The molecule has 0 heterocycles. The van der Waals surface area contributed by atoms with E-state index in [2.05, 4.69) is 52.0 Å². The summed E-state index contributed by atoms with van der Waals surface area (Å²) in [5.41, 5.74) is 0.267. The normalized spacial score (nSPS) is 27.2. The summed E-state index contributed by atoms with van der Waals surface area (Å²) in [5, 5.41) is 3.68. The molecule has 1 aliphatic rings. The Hall–Kier alpha value is -0.0800. The smallest absolute Gasteiger partial charge is 0.0271 e. The maximum Gasteiger partial charge on any atom is 0.0271 e. The molecule has 0 aromatic rings. The number of rotatable bonds is 5. The van der Waals surface area contributed by atoms with Crippen molar-refractivity contribution in [1.29, 1.82) is 0 Å². The third kappa shape index (κ3) is 3.46. The molecule has 1 aliphatic carbocycles. The molecular weight excluding hydrogens is 184 g/mol. The third-order valence-corrected chi connectivity index (χ3v) is 4.15. The highest BCUT2D eigenvalue weighted by Gasteiger charge is 2.32. The lowest BCUT2D eigenvalue weighted by molar-refractivity contribution is 0.133. The lowest BCUT2D eigenvalue weighted by Gasteiger charge is -2.41. The molecule has 0 aliphatic heterocycles. The standard InChI is InChI=1S/C13H28N2/c1-10(2)11-7-12(8-11)14-9-13(3,4)15(5)6/h10-12,14H,7-9H2,1-6H3. The van der Waals surface area contributed by atoms with Crippen molar-refractivity contribution >= 4 is 0 Å². The lowest BCUT2D eigenvalue weighted by Crippen LogP contribution is -2.52. The van der Waals surface area contributed by atoms with Crippen LogP contribution >= 0.6 is 0 Å². The van der Waals surface area contributed by atoms with E-state index >= 15 is 0 Å². The van der Waals surface area contributed by atoms with Gasteiger partial charge in [0.25, 0.3) is 0 Å². The first kappa shape index (κ1) is 13.0. The van der Waals surface area contributed by atoms with Crippen LogP contribution in [-0.2, 0) is 0 Å². The first-order valence-corrected chi connectivity index (χ1v) is 6.23. The summed E-state index contributed by atoms with van der Waals surface area (Å²) in [6, 6.07) is 0.775. The molecule has 0 bridgehead atoms. The molecule has 2 heteroatoms. The van der Waals surface area contributed by atoms with Crippen molar-refractivity contribution in [3.63, 3.8) is 0 Å². The fourth-order valence-corrected chi connectivity index (χ4v) is 1.93. The molecule has 0 spiro atoms. The minimum atomic E-state index is 0.267. The van der Waals surface area contributed by atoms with Crippen LogP contribution in [0, 0.1) is 11.8 Å². The van der Waals surface area contributed by atoms with Gasteiger partial charge in [-0.3, -0.25) is 0 Å². The van der Waals surface area contributed by atoms with Crippen LogP contribution in [-0.4, -0.2) is 37.1 Å². The van der Waals surface area contributed by atoms with Crippen molar-refractivity contribution in [3.8, 4) is 0 Å². The average Bonchev–Trinajstić information content (AvgIpc) is 1.99. The zero-order chi connectivity index (χ0) is 11.6. The molecular formula is C13H28N2. The highest BCUT2D eigenvalue weighted by atomic mass is 15.2. The van der Waals surface area contributed by atoms with Gasteiger partial charge >= 0.3 is 0 Å². The van der Waals surface area contributed by atoms with Gasteiger partial charge in [0, 0.05) is 18.1 Å². The Morgan fingerprint density at radius 2 is 1.80 bits per heavy atom. The Balaban J connectivity index is 2.18. The van der Waals surface area contributed by atoms with E-state index < -0.39 is 0 Å². The Morgan fingerprint density at radius 1 is 1.27 bits per heavy atom. The van der Waals surface area contributed by atoms with Gasteiger partial charge in [0.05, 0.1) is 0 Å². The zero-order valence-corrected chi connectivity index (χ0v) is 11.3. The van der Waals surface area contributed by atoms with Crippen LogP contribution in [0.25, 0.3) is 0 Å². The van der Waals surface area contributed by atoms with Crippen molar-refractivity contribution in [2.45, 2.75) is 52.1 Å². The zero-order valence-electron chi connectivity index (χ0n) is 11.3. The average molecular weight is 212 g/mol. The molecule has 2 nitrogen and oxygen atoms in total. The molecule has 90 valence electrons. The number of nitrogens with zero attached hydrogens (tertiary/aromatic N) is 1. The Morgan fingerprint density at radius 3 is 2.20 bits per heavy atom. The van der Waals surface area contributed by atoms with Gasteiger partial charge in [-0.05, 0) is 52.6 Å². The van der Waals surface area contributed by atoms with Gasteiger partial charge in [0.2, 0.25) is 0 Å². The van der Waals surface area contributed by atoms with Crippen molar-refractivity contribution in [2.75, 3.05) is 20.6 Å². The number of nitrogens with one attached hydrogen (secondary N) is 1. The predicted molar refractivity (Wildman–Crippen MR) is 67.1 cm³/mol. The van der Waals surface area contributed by atoms with E-state index in [1.165, 1.54) is 12.8 Å². The van der Waals surface area contributed by atoms with Crippen LogP contribution in [0.4, 0.5) is 0 Å². The number of hydrogen-bond donors (Lipinski definition) is 1. The predicted octanol–water partition coefficient (Wildman–Crippen LogP) is 2.35. The Bertz CT molecular complexity index is 191. The van der Waals surface area contributed by atoms with Crippen molar-refractivity contribution < 1.29 is 0 Å². The maximum atomic E-state index is 3.68. The van der Waals surface area contributed by atoms with Gasteiger partial charge in [0.1, 0.15) is 0 Å². The van der Waals surface area contributed by atoms with E-state index in [4.69, 9.17) is 0 Å². The molecule has 1 saturated carbocycles. The number of likely N-dealkylation sites (N-methyl/N-ethyl adjacent to an activating group) is 1. The van der Waals surface area contributed by atoms with E-state index in [1.54, 1.807) is 0 Å². The van der Waals surface area contributed by atoms with Gasteiger partial charge in [0.15, 0.2) is 0 Å². The third-order valence-electron chi connectivity index (χ3n) is 4.15. The van der Waals surface area contributed by atoms with Gasteiger partial charge in [-0.1, -0.05) is 13.8 Å². The Kier molecular flexibility index (Phi) is 4.19. The maximum absolute atomic E-state index is 3.68. The summed E-state index contributed by atoms with van der Waals surface area (Å²) in [6.45, 7) is 10.3. The van der Waals surface area contributed by atoms with Crippen LogP contribution in [0.3, 0.4) is 0 Å². The second-order valence-electron chi connectivity index (χ2n) is 6.26. The second-order valence-corrected chi connectivity index (χ2v) is 6.26. The van der Waals surface area contributed by atoms with Gasteiger partial charge in [-0.2, -0.15) is 0 Å². The minimum absolute atomic E-state index is 0.267. The summed E-state index contributed by atoms with van der Waals surface area (Å²) in [7, 11) is 4.30. The van der Waals surface area contributed by atoms with E-state index in [1.807, 2.05) is 0 Å². The highest BCUT2D eigenvalue weighted by Crippen LogP contribution is 2.33. The molecule has 0 saturated heterocycles. The summed E-state index contributed by atoms with van der Waals surface area (Å²) in [6.07, 6.45) is 2.75. The van der Waals surface area contributed by atoms with Gasteiger partial charge < -0.3 is 10.2 Å². The van der Waals surface area contributed by atoms with Crippen molar-refractivity contribution in [3.05, 3.63) is 0 Å². The SMILES string of the molecule is CC(C)C1CC(NCC(C)(C)N(C)C)C1. The fraction of sp³-hybridized carbons (Fsp3) is 1.00. The fourth-order valence-electron chi connectivity index (χ4n) is 1.93.